The van der Waals surface area contributed by atoms with Crippen LogP contribution in [0.15, 0.2) is 77.8 Å². The van der Waals surface area contributed by atoms with E-state index in [0.29, 0.717) is 29.2 Å². The number of esters is 1. The van der Waals surface area contributed by atoms with E-state index in [0.717, 1.165) is 29.8 Å². The van der Waals surface area contributed by atoms with Crippen molar-refractivity contribution >= 4 is 40.6 Å². The van der Waals surface area contributed by atoms with Gasteiger partial charge in [0, 0.05) is 24.8 Å². The number of amides is 2. The summed E-state index contributed by atoms with van der Waals surface area (Å²) >= 11 is 0. The van der Waals surface area contributed by atoms with Gasteiger partial charge in [-0.05, 0) is 67.5 Å². The first kappa shape index (κ1) is 25.8. The van der Waals surface area contributed by atoms with Crippen molar-refractivity contribution in [2.24, 2.45) is 4.99 Å². The molecule has 0 fully saturated rings. The zero-order valence-electron chi connectivity index (χ0n) is 21.2. The van der Waals surface area contributed by atoms with E-state index in [1.807, 2.05) is 61.6 Å². The fourth-order valence-electron chi connectivity index (χ4n) is 4.41. The molecule has 37 heavy (non-hydrogen) atoms. The lowest BCUT2D eigenvalue weighted by Gasteiger charge is -2.21. The fraction of sp³-hybridized carbons (Fsp3) is 0.241. The van der Waals surface area contributed by atoms with Gasteiger partial charge in [-0.25, -0.2) is 4.79 Å². The lowest BCUT2D eigenvalue weighted by molar-refractivity contribution is -0.117. The fourth-order valence-corrected chi connectivity index (χ4v) is 4.41. The van der Waals surface area contributed by atoms with Gasteiger partial charge in [0.2, 0.25) is 11.8 Å². The van der Waals surface area contributed by atoms with Crippen molar-refractivity contribution in [3.63, 3.8) is 0 Å². The smallest absolute Gasteiger partial charge is 0.337 e. The van der Waals surface area contributed by atoms with Crippen LogP contribution < -0.4 is 15.5 Å². The molecule has 2 N–H and O–H groups in total. The van der Waals surface area contributed by atoms with Gasteiger partial charge >= 0.3 is 5.97 Å². The molecule has 2 amide bonds. The van der Waals surface area contributed by atoms with Crippen LogP contribution >= 0.6 is 0 Å². The zero-order chi connectivity index (χ0) is 26.4. The molecule has 0 saturated heterocycles. The average molecular weight is 499 g/mol. The van der Waals surface area contributed by atoms with Crippen LogP contribution in [0.1, 0.15) is 40.7 Å². The normalized spacial score (nSPS) is 14.6. The molecule has 8 nitrogen and oxygen atoms in total. The molecule has 0 aromatic heterocycles. The first-order valence-corrected chi connectivity index (χ1v) is 12.1. The number of nitrogens with zero attached hydrogens (tertiary/aromatic N) is 2. The molecule has 1 aliphatic heterocycles. The predicted octanol–water partition coefficient (Wildman–Crippen LogP) is 4.29. The van der Waals surface area contributed by atoms with E-state index >= 15 is 0 Å². The highest BCUT2D eigenvalue weighted by Crippen LogP contribution is 2.37. The summed E-state index contributed by atoms with van der Waals surface area (Å²) in [5.41, 5.74) is 4.53. The van der Waals surface area contributed by atoms with E-state index in [9.17, 15) is 14.4 Å². The van der Waals surface area contributed by atoms with Gasteiger partial charge in [0.15, 0.2) is 0 Å². The summed E-state index contributed by atoms with van der Waals surface area (Å²) in [6.45, 7) is 2.99. The summed E-state index contributed by atoms with van der Waals surface area (Å²) in [5.74, 6) is -1.37. The minimum Gasteiger partial charge on any atom is -0.465 e. The minimum absolute atomic E-state index is 0.0251. The van der Waals surface area contributed by atoms with Crippen molar-refractivity contribution in [2.75, 3.05) is 37.5 Å². The van der Waals surface area contributed by atoms with E-state index in [1.54, 1.807) is 30.0 Å². The van der Waals surface area contributed by atoms with Crippen LogP contribution in [-0.2, 0) is 14.3 Å². The lowest BCUT2D eigenvalue weighted by atomic mass is 9.90. The second kappa shape index (κ2) is 11.6. The Kier molecular flexibility index (Phi) is 8.10. The summed E-state index contributed by atoms with van der Waals surface area (Å²) in [6, 6.07) is 22.0. The molecular formula is C29H30N4O4. The Morgan fingerprint density at radius 1 is 1.03 bits per heavy atom. The van der Waals surface area contributed by atoms with Gasteiger partial charge in [0.25, 0.3) is 0 Å². The maximum absolute atomic E-state index is 13.2. The van der Waals surface area contributed by atoms with Crippen LogP contribution in [0.25, 0.3) is 0 Å². The number of carbonyl (C=O) groups is 3. The largest absolute Gasteiger partial charge is 0.465 e. The number of fused-ring (bicyclic) bond motifs is 1. The molecule has 1 atom stereocenters. The van der Waals surface area contributed by atoms with Crippen LogP contribution in [0.4, 0.5) is 17.1 Å². The average Bonchev–Trinajstić information content (AvgIpc) is 3.24. The summed E-state index contributed by atoms with van der Waals surface area (Å²) in [6.07, 6.45) is 0.835. The van der Waals surface area contributed by atoms with Gasteiger partial charge in [-0.3, -0.25) is 14.6 Å². The Hall–Kier alpha value is -4.30. The maximum atomic E-state index is 13.2. The Bertz CT molecular complexity index is 1320. The third-order valence-electron chi connectivity index (χ3n) is 6.25. The Morgan fingerprint density at radius 3 is 2.41 bits per heavy atom. The summed E-state index contributed by atoms with van der Waals surface area (Å²) in [7, 11) is 3.21. The van der Waals surface area contributed by atoms with Crippen LogP contribution in [0.3, 0.4) is 0 Å². The summed E-state index contributed by atoms with van der Waals surface area (Å²) in [5, 5.41) is 5.98. The molecule has 0 radical (unpaired) electrons. The highest BCUT2D eigenvalue weighted by Gasteiger charge is 2.36. The van der Waals surface area contributed by atoms with E-state index in [1.165, 1.54) is 7.11 Å². The van der Waals surface area contributed by atoms with Gasteiger partial charge in [-0.15, -0.1) is 0 Å². The third-order valence-corrected chi connectivity index (χ3v) is 6.25. The second-order valence-corrected chi connectivity index (χ2v) is 8.72. The number of methoxy groups -OCH3 is 1. The van der Waals surface area contributed by atoms with Crippen LogP contribution in [0, 0.1) is 0 Å². The van der Waals surface area contributed by atoms with Gasteiger partial charge in [0.05, 0.1) is 24.1 Å². The molecule has 1 heterocycles. The quantitative estimate of drug-likeness (QED) is 0.260. The number of hydrogen-bond acceptors (Lipinski definition) is 6. The minimum atomic E-state index is -0.654. The maximum Gasteiger partial charge on any atom is 0.337 e. The number of benzene rings is 3. The van der Waals surface area contributed by atoms with E-state index in [-0.39, 0.29) is 11.8 Å². The number of ether oxygens (including phenoxy) is 1. The monoisotopic (exact) mass is 498 g/mol. The second-order valence-electron chi connectivity index (χ2n) is 8.72. The first-order valence-electron chi connectivity index (χ1n) is 12.1. The Labute approximate surface area is 216 Å². The number of hydrogen-bond donors (Lipinski definition) is 2. The Balaban J connectivity index is 1.71. The van der Waals surface area contributed by atoms with Crippen molar-refractivity contribution in [3.05, 3.63) is 89.5 Å². The lowest BCUT2D eigenvalue weighted by Crippen LogP contribution is -2.31. The number of nitrogens with one attached hydrogen (secondary N) is 2. The molecule has 3 aromatic rings. The van der Waals surface area contributed by atoms with Crippen LogP contribution in [0.5, 0.6) is 0 Å². The van der Waals surface area contributed by atoms with E-state index in [4.69, 9.17) is 9.73 Å². The molecule has 0 saturated carbocycles. The van der Waals surface area contributed by atoms with Crippen molar-refractivity contribution in [2.45, 2.75) is 19.3 Å². The van der Waals surface area contributed by atoms with Gasteiger partial charge < -0.3 is 20.3 Å². The third kappa shape index (κ3) is 5.76. The number of carbonyl (C=O) groups excluding carboxylic acids is 3. The standard InChI is InChI=1S/C29H30N4O4/c1-19(34)33(17-7-16-30-2)23-13-11-22(12-14-23)31-27(20-8-5-4-6-9-20)26-24-15-10-21(29(36)37-3)18-25(24)32-28(26)35/h4-6,8-15,18,26,30H,7,16-17H2,1-3H3,(H,32,35). The molecule has 3 aromatic carbocycles. The Morgan fingerprint density at radius 2 is 1.76 bits per heavy atom. The van der Waals surface area contributed by atoms with Gasteiger partial charge in [-0.1, -0.05) is 36.4 Å². The molecule has 1 aliphatic rings. The highest BCUT2D eigenvalue weighted by atomic mass is 16.5. The van der Waals surface area contributed by atoms with Gasteiger partial charge in [0.1, 0.15) is 5.92 Å². The SMILES string of the molecule is CNCCCN(C(C)=O)c1ccc(N=C(c2ccccc2)C2C(=O)Nc3cc(C(=O)OC)ccc32)cc1. The molecule has 190 valence electrons. The molecule has 0 spiro atoms. The van der Waals surface area contributed by atoms with Crippen molar-refractivity contribution in [1.29, 1.82) is 0 Å². The topological polar surface area (TPSA) is 100 Å². The van der Waals surface area contributed by atoms with Gasteiger partial charge in [-0.2, -0.15) is 0 Å². The predicted molar refractivity (Wildman–Crippen MR) is 145 cm³/mol. The molecule has 1 unspecified atom stereocenters. The van der Waals surface area contributed by atoms with Crippen molar-refractivity contribution < 1.29 is 19.1 Å². The van der Waals surface area contributed by atoms with Crippen molar-refractivity contribution in [1.82, 2.24) is 5.32 Å². The number of anilines is 2. The first-order chi connectivity index (χ1) is 17.9. The molecule has 0 bridgehead atoms. The summed E-state index contributed by atoms with van der Waals surface area (Å²) < 4.78 is 4.81. The highest BCUT2D eigenvalue weighted by molar-refractivity contribution is 6.24. The molecular weight excluding hydrogens is 468 g/mol. The van der Waals surface area contributed by atoms with E-state index < -0.39 is 11.9 Å². The summed E-state index contributed by atoms with van der Waals surface area (Å²) in [4.78, 5) is 44.0. The van der Waals surface area contributed by atoms with Crippen LogP contribution in [0.2, 0.25) is 0 Å². The molecule has 8 heteroatoms. The zero-order valence-corrected chi connectivity index (χ0v) is 21.2. The van der Waals surface area contributed by atoms with Crippen molar-refractivity contribution in [3.8, 4) is 0 Å². The van der Waals surface area contributed by atoms with E-state index in [2.05, 4.69) is 10.6 Å². The molecule has 4 rings (SSSR count). The number of rotatable bonds is 9. The number of aliphatic imine (C=N–C) groups is 1. The van der Waals surface area contributed by atoms with Crippen LogP contribution in [-0.4, -0.2) is 50.7 Å². The molecule has 0 aliphatic carbocycles.